The van der Waals surface area contributed by atoms with Crippen LogP contribution in [0.1, 0.15) is 12.8 Å². The number of alkyl carbamates (subject to hydrolysis) is 1. The first kappa shape index (κ1) is 16.2. The van der Waals surface area contributed by atoms with Gasteiger partial charge < -0.3 is 24.7 Å². The molecular formula is C16H22N4O4. The summed E-state index contributed by atoms with van der Waals surface area (Å²) in [5.74, 6) is 0.725. The van der Waals surface area contributed by atoms with Crippen LogP contribution < -0.4 is 20.6 Å². The number of methoxy groups -OCH3 is 1. The van der Waals surface area contributed by atoms with Crippen LogP contribution >= 0.6 is 0 Å². The Morgan fingerprint density at radius 2 is 2.04 bits per heavy atom. The third kappa shape index (κ3) is 2.79. The van der Waals surface area contributed by atoms with Gasteiger partial charge in [-0.15, -0.1) is 0 Å². The van der Waals surface area contributed by atoms with Gasteiger partial charge in [-0.25, -0.2) is 9.59 Å². The normalized spacial score (nSPS) is 15.5. The van der Waals surface area contributed by atoms with E-state index in [-0.39, 0.29) is 11.8 Å². The van der Waals surface area contributed by atoms with Crippen LogP contribution in [-0.4, -0.2) is 49.0 Å². The van der Waals surface area contributed by atoms with Crippen LogP contribution in [-0.2, 0) is 11.8 Å². The average Bonchev–Trinajstić information content (AvgIpc) is 2.89. The summed E-state index contributed by atoms with van der Waals surface area (Å²) in [5, 5.41) is 2.47. The minimum absolute atomic E-state index is 0.0959. The number of aromatic nitrogens is 2. The van der Waals surface area contributed by atoms with E-state index in [9.17, 15) is 9.59 Å². The molecule has 8 nitrogen and oxygen atoms in total. The number of hydrogen-bond donors (Lipinski definition) is 2. The molecule has 0 saturated carbocycles. The first-order valence-electron chi connectivity index (χ1n) is 7.94. The second-order valence-corrected chi connectivity index (χ2v) is 5.84. The van der Waals surface area contributed by atoms with Gasteiger partial charge in [0.15, 0.2) is 0 Å². The maximum Gasteiger partial charge on any atom is 0.407 e. The Hall–Kier alpha value is -2.64. The molecule has 1 aliphatic heterocycles. The molecule has 1 saturated heterocycles. The lowest BCUT2D eigenvalue weighted by molar-refractivity contribution is 0.0848. The molecule has 3 rings (SSSR count). The van der Waals surface area contributed by atoms with Crippen molar-refractivity contribution in [3.05, 3.63) is 22.6 Å². The summed E-state index contributed by atoms with van der Waals surface area (Å²) in [5.41, 5.74) is 2.35. The van der Waals surface area contributed by atoms with Crippen LogP contribution in [0, 0.1) is 0 Å². The Bertz CT molecular complexity index is 802. The average molecular weight is 334 g/mol. The van der Waals surface area contributed by atoms with Gasteiger partial charge in [0.2, 0.25) is 0 Å². The highest BCUT2D eigenvalue weighted by molar-refractivity contribution is 5.93. The first-order valence-corrected chi connectivity index (χ1v) is 7.94. The van der Waals surface area contributed by atoms with Gasteiger partial charge in [-0.05, 0) is 12.1 Å². The van der Waals surface area contributed by atoms with E-state index in [0.29, 0.717) is 0 Å². The number of fused-ring (bicyclic) bond motifs is 1. The molecule has 0 unspecified atom stereocenters. The number of hydrogen-bond acceptors (Lipinski definition) is 5. The third-order valence-corrected chi connectivity index (χ3v) is 4.45. The predicted molar refractivity (Wildman–Crippen MR) is 90.9 cm³/mol. The van der Waals surface area contributed by atoms with Gasteiger partial charge in [0.25, 0.3) is 0 Å². The minimum atomic E-state index is -0.402. The number of carbonyl (C=O) groups is 1. The second kappa shape index (κ2) is 6.46. The fourth-order valence-corrected chi connectivity index (χ4v) is 3.18. The van der Waals surface area contributed by atoms with E-state index in [2.05, 4.69) is 15.2 Å². The van der Waals surface area contributed by atoms with Gasteiger partial charge in [0.05, 0.1) is 18.1 Å². The zero-order chi connectivity index (χ0) is 17.3. The Labute approximate surface area is 139 Å². The number of rotatable bonds is 3. The molecule has 2 aromatic rings. The summed E-state index contributed by atoms with van der Waals surface area (Å²) in [6, 6.07) is 3.71. The summed E-state index contributed by atoms with van der Waals surface area (Å²) in [4.78, 5) is 28.3. The Morgan fingerprint density at radius 3 is 2.67 bits per heavy atom. The van der Waals surface area contributed by atoms with Crippen LogP contribution in [0.4, 0.5) is 10.5 Å². The lowest BCUT2D eigenvalue weighted by Gasteiger charge is -2.34. The summed E-state index contributed by atoms with van der Waals surface area (Å²) in [6.07, 6.45) is 0.957. The fraction of sp³-hybridized carbons (Fsp3) is 0.500. The molecule has 24 heavy (non-hydrogen) atoms. The standard InChI is InChI=1S/C16H22N4O4/c1-17-16(22)24-10-6-8-20(9-7-10)14-12(23-3)5-4-11-13(14)19(2)15(21)18-11/h4-5,10H,6-9H2,1-3H3,(H,17,22)(H,18,21). The van der Waals surface area contributed by atoms with Gasteiger partial charge in [-0.1, -0.05) is 0 Å². The monoisotopic (exact) mass is 334 g/mol. The van der Waals surface area contributed by atoms with E-state index in [1.165, 1.54) is 0 Å². The summed E-state index contributed by atoms with van der Waals surface area (Å²) < 4.78 is 12.4. The summed E-state index contributed by atoms with van der Waals surface area (Å²) in [7, 11) is 4.91. The topological polar surface area (TPSA) is 88.6 Å². The van der Waals surface area contributed by atoms with Gasteiger partial charge in [-0.2, -0.15) is 0 Å². The van der Waals surface area contributed by atoms with Crippen molar-refractivity contribution in [2.24, 2.45) is 7.05 Å². The molecule has 0 spiro atoms. The van der Waals surface area contributed by atoms with Crippen molar-refractivity contribution in [1.29, 1.82) is 0 Å². The highest BCUT2D eigenvalue weighted by atomic mass is 16.6. The smallest absolute Gasteiger partial charge is 0.407 e. The number of piperidine rings is 1. The van der Waals surface area contributed by atoms with Crippen LogP contribution in [0.25, 0.3) is 11.0 Å². The maximum absolute atomic E-state index is 12.0. The van der Waals surface area contributed by atoms with E-state index in [1.807, 2.05) is 12.1 Å². The Kier molecular flexibility index (Phi) is 4.37. The zero-order valence-corrected chi connectivity index (χ0v) is 14.1. The molecule has 2 heterocycles. The lowest BCUT2D eigenvalue weighted by Crippen LogP contribution is -2.39. The van der Waals surface area contributed by atoms with Crippen molar-refractivity contribution in [2.45, 2.75) is 18.9 Å². The molecule has 130 valence electrons. The molecular weight excluding hydrogens is 312 g/mol. The van der Waals surface area contributed by atoms with E-state index >= 15 is 0 Å². The fourth-order valence-electron chi connectivity index (χ4n) is 3.18. The van der Waals surface area contributed by atoms with Gasteiger partial charge in [0.1, 0.15) is 17.5 Å². The van der Waals surface area contributed by atoms with Crippen molar-refractivity contribution >= 4 is 22.8 Å². The van der Waals surface area contributed by atoms with Crippen molar-refractivity contribution in [1.82, 2.24) is 14.9 Å². The van der Waals surface area contributed by atoms with Gasteiger partial charge in [0, 0.05) is 40.0 Å². The Morgan fingerprint density at radius 1 is 1.33 bits per heavy atom. The Balaban J connectivity index is 1.90. The van der Waals surface area contributed by atoms with Crippen molar-refractivity contribution < 1.29 is 14.3 Å². The van der Waals surface area contributed by atoms with E-state index in [0.717, 1.165) is 48.4 Å². The lowest BCUT2D eigenvalue weighted by atomic mass is 10.1. The highest BCUT2D eigenvalue weighted by Crippen LogP contribution is 2.36. The number of nitrogens with zero attached hydrogens (tertiary/aromatic N) is 2. The molecule has 1 aromatic heterocycles. The molecule has 0 atom stereocenters. The van der Waals surface area contributed by atoms with E-state index in [1.54, 1.807) is 25.8 Å². The van der Waals surface area contributed by atoms with E-state index in [4.69, 9.17) is 9.47 Å². The van der Waals surface area contributed by atoms with Crippen molar-refractivity contribution in [3.63, 3.8) is 0 Å². The number of anilines is 1. The van der Waals surface area contributed by atoms with Gasteiger partial charge in [-0.3, -0.25) is 4.57 Å². The number of aromatic amines is 1. The molecule has 0 aliphatic carbocycles. The van der Waals surface area contributed by atoms with Crippen molar-refractivity contribution in [2.75, 3.05) is 32.1 Å². The predicted octanol–water partition coefficient (Wildman–Crippen LogP) is 1.20. The van der Waals surface area contributed by atoms with Crippen LogP contribution in [0.3, 0.4) is 0 Å². The number of carbonyl (C=O) groups excluding carboxylic acids is 1. The number of aryl methyl sites for hydroxylation is 1. The highest BCUT2D eigenvalue weighted by Gasteiger charge is 2.26. The number of nitrogens with one attached hydrogen (secondary N) is 2. The molecule has 1 aliphatic rings. The zero-order valence-electron chi connectivity index (χ0n) is 14.1. The molecule has 0 radical (unpaired) electrons. The quantitative estimate of drug-likeness (QED) is 0.880. The van der Waals surface area contributed by atoms with Crippen molar-refractivity contribution in [3.8, 4) is 5.75 Å². The summed E-state index contributed by atoms with van der Waals surface area (Å²) >= 11 is 0. The van der Waals surface area contributed by atoms with Crippen LogP contribution in [0.5, 0.6) is 5.75 Å². The van der Waals surface area contributed by atoms with Crippen LogP contribution in [0.15, 0.2) is 16.9 Å². The molecule has 8 heteroatoms. The number of H-pyrrole nitrogens is 1. The third-order valence-electron chi connectivity index (χ3n) is 4.45. The molecule has 1 amide bonds. The van der Waals surface area contributed by atoms with Crippen LogP contribution in [0.2, 0.25) is 0 Å². The molecule has 1 aromatic carbocycles. The van der Waals surface area contributed by atoms with Gasteiger partial charge >= 0.3 is 11.8 Å². The molecule has 2 N–H and O–H groups in total. The minimum Gasteiger partial charge on any atom is -0.494 e. The number of amides is 1. The maximum atomic E-state index is 12.0. The molecule has 1 fully saturated rings. The SMILES string of the molecule is CNC(=O)OC1CCN(c2c(OC)ccc3[nH]c(=O)n(C)c23)CC1. The first-order chi connectivity index (χ1) is 11.5. The molecule has 0 bridgehead atoms. The van der Waals surface area contributed by atoms with E-state index < -0.39 is 6.09 Å². The number of ether oxygens (including phenoxy) is 2. The summed E-state index contributed by atoms with van der Waals surface area (Å²) in [6.45, 7) is 1.44. The number of benzene rings is 1. The largest absolute Gasteiger partial charge is 0.494 e. The second-order valence-electron chi connectivity index (χ2n) is 5.84. The number of imidazole rings is 1.